The van der Waals surface area contributed by atoms with Crippen molar-refractivity contribution in [3.63, 3.8) is 0 Å². The third kappa shape index (κ3) is 4.36. The van der Waals surface area contributed by atoms with Gasteiger partial charge in [0.1, 0.15) is 11.3 Å². The fourth-order valence-corrected chi connectivity index (χ4v) is 4.39. The number of benzene rings is 2. The number of aryl methyl sites for hydroxylation is 1. The van der Waals surface area contributed by atoms with Crippen LogP contribution >= 0.6 is 23.8 Å². The van der Waals surface area contributed by atoms with E-state index < -0.39 is 11.8 Å². The second-order valence-corrected chi connectivity index (χ2v) is 8.66. The molecule has 2 fully saturated rings. The summed E-state index contributed by atoms with van der Waals surface area (Å²) in [5.41, 5.74) is 3.05. The molecule has 4 rings (SSSR count). The highest BCUT2D eigenvalue weighted by Crippen LogP contribution is 2.31. The molecule has 2 aliphatic rings. The minimum absolute atomic E-state index is 0.0180. The van der Waals surface area contributed by atoms with Crippen LogP contribution in [0.1, 0.15) is 30.4 Å². The third-order valence-electron chi connectivity index (χ3n) is 5.75. The Bertz CT molecular complexity index is 1130. The van der Waals surface area contributed by atoms with Gasteiger partial charge in [-0.3, -0.25) is 19.8 Å². The van der Waals surface area contributed by atoms with Gasteiger partial charge < -0.3 is 9.64 Å². The number of anilines is 2. The Hall–Kier alpha value is -2.90. The van der Waals surface area contributed by atoms with Crippen LogP contribution in [-0.4, -0.2) is 37.1 Å². The summed E-state index contributed by atoms with van der Waals surface area (Å²) in [5, 5.41) is 3.13. The van der Waals surface area contributed by atoms with Crippen LogP contribution in [0, 0.1) is 6.92 Å². The molecule has 2 aromatic rings. The van der Waals surface area contributed by atoms with E-state index in [0.29, 0.717) is 22.0 Å². The van der Waals surface area contributed by atoms with Crippen LogP contribution in [0.2, 0.25) is 5.02 Å². The van der Waals surface area contributed by atoms with E-state index in [1.807, 2.05) is 25.1 Å². The van der Waals surface area contributed by atoms with Crippen molar-refractivity contribution < 1.29 is 14.3 Å². The molecule has 0 radical (unpaired) electrons. The molecule has 0 bridgehead atoms. The molecular formula is C24H24ClN3O3S. The Labute approximate surface area is 197 Å². The van der Waals surface area contributed by atoms with Crippen molar-refractivity contribution in [2.75, 3.05) is 30.0 Å². The number of ether oxygens (including phenoxy) is 1. The normalized spacial score (nSPS) is 18.2. The molecule has 8 heteroatoms. The molecule has 0 unspecified atom stereocenters. The average Bonchev–Trinajstić information content (AvgIpc) is 2.79. The Morgan fingerprint density at radius 3 is 2.47 bits per heavy atom. The monoisotopic (exact) mass is 469 g/mol. The fraction of sp³-hybridized carbons (Fsp3) is 0.292. The molecule has 0 saturated carbocycles. The highest BCUT2D eigenvalue weighted by atomic mass is 35.5. The van der Waals surface area contributed by atoms with Crippen molar-refractivity contribution in [1.29, 1.82) is 0 Å². The number of rotatable bonds is 4. The van der Waals surface area contributed by atoms with Gasteiger partial charge in [0.25, 0.3) is 11.8 Å². The molecule has 32 heavy (non-hydrogen) atoms. The van der Waals surface area contributed by atoms with Gasteiger partial charge in [0.05, 0.1) is 12.8 Å². The van der Waals surface area contributed by atoms with Gasteiger partial charge in [-0.1, -0.05) is 17.7 Å². The van der Waals surface area contributed by atoms with Crippen molar-refractivity contribution in [2.45, 2.75) is 26.2 Å². The molecule has 2 saturated heterocycles. The van der Waals surface area contributed by atoms with Crippen LogP contribution in [-0.2, 0) is 9.59 Å². The SMILES string of the molecule is COc1cc(N2CCCCC2)ccc1/C=C1\C(=O)NC(=S)N(c2ccc(C)c(Cl)c2)C1=O. The van der Waals surface area contributed by atoms with Gasteiger partial charge in [0, 0.05) is 35.4 Å². The van der Waals surface area contributed by atoms with Crippen molar-refractivity contribution in [1.82, 2.24) is 5.32 Å². The van der Waals surface area contributed by atoms with Gasteiger partial charge in [-0.05, 0) is 74.3 Å². The molecule has 6 nitrogen and oxygen atoms in total. The Morgan fingerprint density at radius 2 is 1.78 bits per heavy atom. The topological polar surface area (TPSA) is 61.9 Å². The largest absolute Gasteiger partial charge is 0.496 e. The molecule has 0 aliphatic carbocycles. The second kappa shape index (κ2) is 9.30. The van der Waals surface area contributed by atoms with Crippen LogP contribution < -0.4 is 19.9 Å². The van der Waals surface area contributed by atoms with Gasteiger partial charge >= 0.3 is 0 Å². The average molecular weight is 470 g/mol. The minimum atomic E-state index is -0.545. The lowest BCUT2D eigenvalue weighted by molar-refractivity contribution is -0.122. The van der Waals surface area contributed by atoms with Crippen LogP contribution in [0.4, 0.5) is 11.4 Å². The van der Waals surface area contributed by atoms with Gasteiger partial charge in [0.15, 0.2) is 5.11 Å². The second-order valence-electron chi connectivity index (χ2n) is 7.87. The van der Waals surface area contributed by atoms with E-state index in [-0.39, 0.29) is 10.7 Å². The molecule has 0 atom stereocenters. The first-order chi connectivity index (χ1) is 15.4. The van der Waals surface area contributed by atoms with Gasteiger partial charge in [0.2, 0.25) is 0 Å². The van der Waals surface area contributed by atoms with E-state index in [1.165, 1.54) is 24.2 Å². The molecule has 0 spiro atoms. The predicted octanol–water partition coefficient (Wildman–Crippen LogP) is 4.48. The number of nitrogens with one attached hydrogen (secondary N) is 1. The number of carbonyl (C=O) groups excluding carboxylic acids is 2. The zero-order valence-electron chi connectivity index (χ0n) is 18.0. The van der Waals surface area contributed by atoms with Gasteiger partial charge in [-0.2, -0.15) is 0 Å². The van der Waals surface area contributed by atoms with Crippen molar-refractivity contribution in [3.05, 3.63) is 58.1 Å². The molecule has 1 N–H and O–H groups in total. The first-order valence-electron chi connectivity index (χ1n) is 10.5. The first kappa shape index (κ1) is 22.3. The highest BCUT2D eigenvalue weighted by molar-refractivity contribution is 7.80. The summed E-state index contributed by atoms with van der Waals surface area (Å²) in [5.74, 6) is -0.461. The quantitative estimate of drug-likeness (QED) is 0.406. The van der Waals surface area contributed by atoms with Gasteiger partial charge in [-0.15, -0.1) is 0 Å². The predicted molar refractivity (Wildman–Crippen MR) is 131 cm³/mol. The van der Waals surface area contributed by atoms with Crippen molar-refractivity contribution in [2.24, 2.45) is 0 Å². The zero-order chi connectivity index (χ0) is 22.8. The summed E-state index contributed by atoms with van der Waals surface area (Å²) in [4.78, 5) is 29.5. The van der Waals surface area contributed by atoms with Crippen LogP contribution in [0.25, 0.3) is 6.08 Å². The lowest BCUT2D eigenvalue weighted by atomic mass is 10.0. The highest BCUT2D eigenvalue weighted by Gasteiger charge is 2.35. The number of methoxy groups -OCH3 is 1. The lowest BCUT2D eigenvalue weighted by Crippen LogP contribution is -2.54. The number of carbonyl (C=O) groups is 2. The molecule has 0 aromatic heterocycles. The van der Waals surface area contributed by atoms with E-state index in [1.54, 1.807) is 31.4 Å². The van der Waals surface area contributed by atoms with Crippen molar-refractivity contribution >= 4 is 58.2 Å². The number of amides is 2. The Kier molecular flexibility index (Phi) is 6.48. The van der Waals surface area contributed by atoms with E-state index in [0.717, 1.165) is 24.3 Å². The van der Waals surface area contributed by atoms with Gasteiger partial charge in [-0.25, -0.2) is 0 Å². The smallest absolute Gasteiger partial charge is 0.270 e. The molecular weight excluding hydrogens is 446 g/mol. The van der Waals surface area contributed by atoms with Crippen molar-refractivity contribution in [3.8, 4) is 5.75 Å². The number of thiocarbonyl (C=S) groups is 1. The maximum atomic E-state index is 13.3. The maximum Gasteiger partial charge on any atom is 0.270 e. The third-order valence-corrected chi connectivity index (χ3v) is 6.45. The minimum Gasteiger partial charge on any atom is -0.496 e. The first-order valence-corrected chi connectivity index (χ1v) is 11.3. The van der Waals surface area contributed by atoms with E-state index in [4.69, 9.17) is 28.6 Å². The standard InChI is InChI=1S/C24H24ClN3O3S/c1-15-6-8-18(13-20(15)25)28-23(30)19(22(29)26-24(28)32)12-16-7-9-17(14-21(16)31-2)27-10-4-3-5-11-27/h6-9,12-14H,3-5,10-11H2,1-2H3,(H,26,29,32)/b19-12+. The Morgan fingerprint density at radius 1 is 1.06 bits per heavy atom. The maximum absolute atomic E-state index is 13.3. The summed E-state index contributed by atoms with van der Waals surface area (Å²) in [7, 11) is 1.58. The number of hydrogen-bond donors (Lipinski definition) is 1. The Balaban J connectivity index is 1.68. The zero-order valence-corrected chi connectivity index (χ0v) is 19.6. The molecule has 2 heterocycles. The molecule has 2 aliphatic heterocycles. The van der Waals surface area contributed by atoms with E-state index >= 15 is 0 Å². The van der Waals surface area contributed by atoms with E-state index in [2.05, 4.69) is 10.2 Å². The number of halogens is 1. The molecule has 2 amide bonds. The summed E-state index contributed by atoms with van der Waals surface area (Å²) in [6, 6.07) is 11.0. The van der Waals surface area contributed by atoms with Crippen LogP contribution in [0.3, 0.4) is 0 Å². The summed E-state index contributed by atoms with van der Waals surface area (Å²) >= 11 is 11.5. The summed E-state index contributed by atoms with van der Waals surface area (Å²) < 4.78 is 5.58. The molecule has 166 valence electrons. The lowest BCUT2D eigenvalue weighted by Gasteiger charge is -2.30. The fourth-order valence-electron chi connectivity index (χ4n) is 3.94. The summed E-state index contributed by atoms with van der Waals surface area (Å²) in [6.07, 6.45) is 5.13. The number of piperidine rings is 1. The number of nitrogens with zero attached hydrogens (tertiary/aromatic N) is 2. The number of hydrogen-bond acceptors (Lipinski definition) is 5. The van der Waals surface area contributed by atoms with Crippen LogP contribution in [0.15, 0.2) is 42.0 Å². The van der Waals surface area contributed by atoms with Crippen LogP contribution in [0.5, 0.6) is 5.75 Å². The summed E-state index contributed by atoms with van der Waals surface area (Å²) in [6.45, 7) is 3.89. The molecule has 2 aromatic carbocycles. The van der Waals surface area contributed by atoms with E-state index in [9.17, 15) is 9.59 Å².